The summed E-state index contributed by atoms with van der Waals surface area (Å²) in [5.41, 5.74) is 1.69. The summed E-state index contributed by atoms with van der Waals surface area (Å²) in [6.45, 7) is 4.81. The van der Waals surface area contributed by atoms with Gasteiger partial charge in [0.25, 0.3) is 0 Å². The second kappa shape index (κ2) is 7.07. The van der Waals surface area contributed by atoms with Crippen LogP contribution in [0.5, 0.6) is 0 Å². The first-order valence-corrected chi connectivity index (χ1v) is 7.54. The molecule has 0 fully saturated rings. The van der Waals surface area contributed by atoms with Crippen molar-refractivity contribution in [3.8, 4) is 0 Å². The second-order valence-corrected chi connectivity index (χ2v) is 5.62. The minimum absolute atomic E-state index is 0.0967. The van der Waals surface area contributed by atoms with Crippen LogP contribution in [0.15, 0.2) is 60.7 Å². The van der Waals surface area contributed by atoms with Crippen LogP contribution in [-0.2, 0) is 16.6 Å². The van der Waals surface area contributed by atoms with Crippen molar-refractivity contribution in [2.45, 2.75) is 32.1 Å². The Kier molecular flexibility index (Phi) is 5.15. The van der Waals surface area contributed by atoms with Crippen molar-refractivity contribution in [1.82, 2.24) is 5.32 Å². The zero-order valence-corrected chi connectivity index (χ0v) is 12.8. The lowest BCUT2D eigenvalue weighted by Gasteiger charge is -2.29. The van der Waals surface area contributed by atoms with Gasteiger partial charge in [-0.2, -0.15) is 0 Å². The monoisotopic (exact) mass is 281 g/mol. The van der Waals surface area contributed by atoms with E-state index in [9.17, 15) is 4.79 Å². The van der Waals surface area contributed by atoms with Gasteiger partial charge in [0.15, 0.2) is 0 Å². The van der Waals surface area contributed by atoms with E-state index in [0.29, 0.717) is 6.42 Å². The molecule has 2 heteroatoms. The molecule has 0 aromatic heterocycles. The number of carbonyl (C=O) groups excluding carboxylic acids is 1. The molecule has 21 heavy (non-hydrogen) atoms. The van der Waals surface area contributed by atoms with Crippen LogP contribution in [-0.4, -0.2) is 12.5 Å². The van der Waals surface area contributed by atoms with Gasteiger partial charge in [0.1, 0.15) is 0 Å². The molecule has 1 unspecified atom stereocenters. The molecule has 2 aromatic rings. The molecule has 0 heterocycles. The van der Waals surface area contributed by atoms with E-state index in [1.165, 1.54) is 5.56 Å². The van der Waals surface area contributed by atoms with Crippen molar-refractivity contribution in [3.05, 3.63) is 71.8 Å². The van der Waals surface area contributed by atoms with Gasteiger partial charge in [-0.25, -0.2) is 0 Å². The molecule has 0 spiro atoms. The molecule has 0 saturated carbocycles. The van der Waals surface area contributed by atoms with Crippen molar-refractivity contribution in [2.24, 2.45) is 0 Å². The van der Waals surface area contributed by atoms with E-state index < -0.39 is 5.41 Å². The maximum atomic E-state index is 12.7. The number of carbonyl (C=O) groups is 1. The Hall–Kier alpha value is -2.09. The molecular formula is C19H23NO. The molecule has 1 N–H and O–H groups in total. The van der Waals surface area contributed by atoms with E-state index in [0.717, 1.165) is 18.5 Å². The highest BCUT2D eigenvalue weighted by molar-refractivity contribution is 5.88. The molecule has 0 aliphatic rings. The summed E-state index contributed by atoms with van der Waals surface area (Å²) in [5.74, 6) is 0.0967. The summed E-state index contributed by atoms with van der Waals surface area (Å²) in [4.78, 5) is 12.7. The van der Waals surface area contributed by atoms with Crippen molar-refractivity contribution in [3.63, 3.8) is 0 Å². The Morgan fingerprint density at radius 3 is 2.14 bits per heavy atom. The topological polar surface area (TPSA) is 29.1 Å². The minimum atomic E-state index is -0.544. The highest BCUT2D eigenvalue weighted by Crippen LogP contribution is 2.28. The molecule has 0 aliphatic carbocycles. The Morgan fingerprint density at radius 2 is 1.57 bits per heavy atom. The number of benzene rings is 2. The largest absolute Gasteiger partial charge is 0.355 e. The smallest absolute Gasteiger partial charge is 0.230 e. The van der Waals surface area contributed by atoms with Crippen LogP contribution >= 0.6 is 0 Å². The van der Waals surface area contributed by atoms with Crippen LogP contribution in [0.25, 0.3) is 0 Å². The standard InChI is InChI=1S/C19H23NO/c1-3-14-20-18(21)19(2,17-12-8-5-9-13-17)15-16-10-6-4-7-11-16/h4-13H,3,14-15H2,1-2H3,(H,20,21). The number of rotatable bonds is 6. The van der Waals surface area contributed by atoms with E-state index in [1.54, 1.807) is 0 Å². The minimum Gasteiger partial charge on any atom is -0.355 e. The molecule has 0 saturated heterocycles. The van der Waals surface area contributed by atoms with Gasteiger partial charge in [0.05, 0.1) is 5.41 Å². The molecule has 2 rings (SSSR count). The summed E-state index contributed by atoms with van der Waals surface area (Å²) in [7, 11) is 0. The number of amides is 1. The Labute approximate surface area is 127 Å². The predicted molar refractivity (Wildman–Crippen MR) is 87.2 cm³/mol. The lowest BCUT2D eigenvalue weighted by Crippen LogP contribution is -2.44. The van der Waals surface area contributed by atoms with Crippen molar-refractivity contribution < 1.29 is 4.79 Å². The Bertz CT molecular complexity index is 565. The molecule has 2 nitrogen and oxygen atoms in total. The molecule has 1 amide bonds. The van der Waals surface area contributed by atoms with Crippen molar-refractivity contribution in [2.75, 3.05) is 6.54 Å². The molecule has 2 aromatic carbocycles. The van der Waals surface area contributed by atoms with Gasteiger partial charge in [-0.05, 0) is 30.9 Å². The highest BCUT2D eigenvalue weighted by Gasteiger charge is 2.34. The SMILES string of the molecule is CCCNC(=O)C(C)(Cc1ccccc1)c1ccccc1. The molecule has 0 bridgehead atoms. The Morgan fingerprint density at radius 1 is 1.00 bits per heavy atom. The van der Waals surface area contributed by atoms with Gasteiger partial charge in [0, 0.05) is 6.54 Å². The first-order chi connectivity index (χ1) is 10.2. The molecule has 0 radical (unpaired) electrons. The third-order valence-corrected chi connectivity index (χ3v) is 3.85. The van der Waals surface area contributed by atoms with Crippen molar-refractivity contribution >= 4 is 5.91 Å². The number of hydrogen-bond acceptors (Lipinski definition) is 1. The lowest BCUT2D eigenvalue weighted by molar-refractivity contribution is -0.126. The van der Waals surface area contributed by atoms with Gasteiger partial charge in [-0.15, -0.1) is 0 Å². The Balaban J connectivity index is 2.32. The maximum absolute atomic E-state index is 12.7. The number of hydrogen-bond donors (Lipinski definition) is 1. The zero-order chi connectivity index (χ0) is 15.1. The van der Waals surface area contributed by atoms with Gasteiger partial charge < -0.3 is 5.32 Å². The van der Waals surface area contributed by atoms with Gasteiger partial charge in [-0.1, -0.05) is 67.6 Å². The average molecular weight is 281 g/mol. The fourth-order valence-electron chi connectivity index (χ4n) is 2.56. The van der Waals surface area contributed by atoms with Crippen LogP contribution in [0, 0.1) is 0 Å². The first-order valence-electron chi connectivity index (χ1n) is 7.54. The van der Waals surface area contributed by atoms with Crippen LogP contribution in [0.2, 0.25) is 0 Å². The van der Waals surface area contributed by atoms with E-state index in [1.807, 2.05) is 55.5 Å². The zero-order valence-electron chi connectivity index (χ0n) is 12.8. The predicted octanol–water partition coefficient (Wildman–Crippen LogP) is 3.71. The van der Waals surface area contributed by atoms with Crippen LogP contribution in [0.4, 0.5) is 0 Å². The van der Waals surface area contributed by atoms with Crippen LogP contribution in [0.1, 0.15) is 31.4 Å². The summed E-state index contributed by atoms with van der Waals surface area (Å²) in [6.07, 6.45) is 1.65. The summed E-state index contributed by atoms with van der Waals surface area (Å²) in [6, 6.07) is 20.2. The van der Waals surface area contributed by atoms with E-state index in [2.05, 4.69) is 24.4 Å². The maximum Gasteiger partial charge on any atom is 0.230 e. The quantitative estimate of drug-likeness (QED) is 0.859. The van der Waals surface area contributed by atoms with Gasteiger partial charge >= 0.3 is 0 Å². The second-order valence-electron chi connectivity index (χ2n) is 5.62. The first kappa shape index (κ1) is 15.3. The van der Waals surface area contributed by atoms with Crippen LogP contribution < -0.4 is 5.32 Å². The molecule has 110 valence electrons. The lowest BCUT2D eigenvalue weighted by atomic mass is 9.76. The fraction of sp³-hybridized carbons (Fsp3) is 0.316. The molecule has 0 aliphatic heterocycles. The molecule has 1 atom stereocenters. The van der Waals surface area contributed by atoms with E-state index in [4.69, 9.17) is 0 Å². The van der Waals surface area contributed by atoms with Crippen LogP contribution in [0.3, 0.4) is 0 Å². The third-order valence-electron chi connectivity index (χ3n) is 3.85. The fourth-order valence-corrected chi connectivity index (χ4v) is 2.56. The summed E-state index contributed by atoms with van der Waals surface area (Å²) < 4.78 is 0. The normalized spacial score (nSPS) is 13.4. The highest BCUT2D eigenvalue weighted by atomic mass is 16.2. The average Bonchev–Trinajstić information content (AvgIpc) is 2.54. The number of nitrogens with one attached hydrogen (secondary N) is 1. The van der Waals surface area contributed by atoms with Gasteiger partial charge in [-0.3, -0.25) is 4.79 Å². The van der Waals surface area contributed by atoms with Gasteiger partial charge in [0.2, 0.25) is 5.91 Å². The van der Waals surface area contributed by atoms with E-state index >= 15 is 0 Å². The third kappa shape index (κ3) is 3.72. The summed E-state index contributed by atoms with van der Waals surface area (Å²) in [5, 5.41) is 3.05. The van der Waals surface area contributed by atoms with E-state index in [-0.39, 0.29) is 5.91 Å². The molecular weight excluding hydrogens is 258 g/mol. The summed E-state index contributed by atoms with van der Waals surface area (Å²) >= 11 is 0. The van der Waals surface area contributed by atoms with Crippen molar-refractivity contribution in [1.29, 1.82) is 0 Å².